The maximum absolute atomic E-state index is 13.4. The Morgan fingerprint density at radius 3 is 1.43 bits per heavy atom. The van der Waals surface area contributed by atoms with E-state index < -0.39 is 28.7 Å². The van der Waals surface area contributed by atoms with Gasteiger partial charge in [-0.2, -0.15) is 18.6 Å². The minimum atomic E-state index is -3.51. The van der Waals surface area contributed by atoms with E-state index in [-0.39, 0.29) is 43.7 Å². The van der Waals surface area contributed by atoms with Crippen molar-refractivity contribution in [2.24, 2.45) is 0 Å². The molecule has 2 aromatic heterocycles. The first-order valence-corrected chi connectivity index (χ1v) is 25.7. The largest absolute Gasteiger partial charge is 0.491 e. The van der Waals surface area contributed by atoms with Crippen LogP contribution in [0.5, 0.6) is 11.5 Å². The highest BCUT2D eigenvalue weighted by molar-refractivity contribution is 7.85. The number of aryl methyl sites for hydroxylation is 2. The van der Waals surface area contributed by atoms with Gasteiger partial charge in [-0.25, -0.2) is 23.3 Å². The van der Waals surface area contributed by atoms with E-state index in [0.717, 1.165) is 46.7 Å². The Labute approximate surface area is 429 Å². The van der Waals surface area contributed by atoms with Crippen LogP contribution in [-0.2, 0) is 50.0 Å². The van der Waals surface area contributed by atoms with E-state index in [2.05, 4.69) is 30.6 Å². The van der Waals surface area contributed by atoms with Gasteiger partial charge < -0.3 is 39.4 Å². The molecule has 2 aliphatic heterocycles. The summed E-state index contributed by atoms with van der Waals surface area (Å²) in [4.78, 5) is 54.4. The number of carbonyl (C=O) groups is 4. The SMILES string of the molecule is COC(=O)c1ccc([C@H](C)NC(=O)c2c(C)nn3c2N(Cc2cccc(OCCF)c2)CC3)cc1.COC(=O)c1ccc([C@H](C)NC(=O)c2c(C)nn3c2N(Cc2cccc(OCCOS(C)(=O)=O)c2)CC3)cc1. The van der Waals surface area contributed by atoms with Gasteiger partial charge >= 0.3 is 11.9 Å². The molecule has 392 valence electrons. The maximum atomic E-state index is 13.4. The highest BCUT2D eigenvalue weighted by atomic mass is 32.2. The summed E-state index contributed by atoms with van der Waals surface area (Å²) in [5, 5.41) is 15.3. The molecule has 0 spiro atoms. The number of anilines is 2. The van der Waals surface area contributed by atoms with Crippen LogP contribution in [0.1, 0.15) is 101 Å². The van der Waals surface area contributed by atoms with Crippen LogP contribution in [-0.4, -0.2) is 112 Å². The molecule has 8 rings (SSSR count). The topological polar surface area (TPSA) is 215 Å². The molecule has 2 N–H and O–H groups in total. The number of esters is 2. The number of halogens is 1. The Balaban J connectivity index is 0.000000217. The maximum Gasteiger partial charge on any atom is 0.337 e. The molecule has 2 amide bonds. The zero-order valence-corrected chi connectivity index (χ0v) is 43.2. The molecule has 21 heteroatoms. The first-order chi connectivity index (χ1) is 35.5. The van der Waals surface area contributed by atoms with Crippen molar-refractivity contribution < 1.29 is 55.1 Å². The van der Waals surface area contributed by atoms with E-state index in [4.69, 9.17) is 23.1 Å². The molecular weight excluding hydrogens is 976 g/mol. The highest BCUT2D eigenvalue weighted by Gasteiger charge is 2.32. The fraction of sp³-hybridized carbons (Fsp3) is 0.358. The molecule has 0 fully saturated rings. The molecule has 4 heterocycles. The van der Waals surface area contributed by atoms with Gasteiger partial charge in [-0.15, -0.1) is 0 Å². The zero-order chi connectivity index (χ0) is 53.1. The number of rotatable bonds is 20. The van der Waals surface area contributed by atoms with Crippen LogP contribution in [0.4, 0.5) is 16.0 Å². The average Bonchev–Trinajstić information content (AvgIpc) is 4.14. The van der Waals surface area contributed by atoms with Crippen LogP contribution in [0.2, 0.25) is 0 Å². The summed E-state index contributed by atoms with van der Waals surface area (Å²) in [7, 11) is -0.841. The predicted molar refractivity (Wildman–Crippen MR) is 274 cm³/mol. The van der Waals surface area contributed by atoms with Crippen molar-refractivity contribution in [3.05, 3.63) is 153 Å². The first-order valence-electron chi connectivity index (χ1n) is 23.9. The van der Waals surface area contributed by atoms with E-state index in [9.17, 15) is 32.0 Å². The van der Waals surface area contributed by atoms with Gasteiger partial charge in [0.15, 0.2) is 0 Å². The molecular formula is C53H61FN8O11S. The summed E-state index contributed by atoms with van der Waals surface area (Å²) in [6.07, 6.45) is 0.995. The van der Waals surface area contributed by atoms with Crippen LogP contribution in [0.15, 0.2) is 97.1 Å². The molecule has 0 saturated carbocycles. The molecule has 0 unspecified atom stereocenters. The minimum Gasteiger partial charge on any atom is -0.491 e. The summed E-state index contributed by atoms with van der Waals surface area (Å²) in [6.45, 7) is 10.8. The number of amides is 2. The van der Waals surface area contributed by atoms with E-state index in [1.807, 2.05) is 73.5 Å². The number of ether oxygens (including phenoxy) is 4. The predicted octanol–water partition coefficient (Wildman–Crippen LogP) is 6.68. The fourth-order valence-electron chi connectivity index (χ4n) is 8.74. The van der Waals surface area contributed by atoms with Crippen molar-refractivity contribution in [3.8, 4) is 11.5 Å². The van der Waals surface area contributed by atoms with Crippen LogP contribution in [0, 0.1) is 13.8 Å². The molecule has 6 aromatic rings. The molecule has 0 aliphatic carbocycles. The van der Waals surface area contributed by atoms with Gasteiger partial charge in [0.25, 0.3) is 21.9 Å². The van der Waals surface area contributed by atoms with Gasteiger partial charge in [0.1, 0.15) is 60.8 Å². The number of methoxy groups -OCH3 is 2. The Morgan fingerprint density at radius 2 is 1.04 bits per heavy atom. The molecule has 74 heavy (non-hydrogen) atoms. The van der Waals surface area contributed by atoms with Crippen molar-refractivity contribution in [3.63, 3.8) is 0 Å². The standard InChI is InChI=1S/C27H32N4O7S.C26H29FN4O4/c1-18(21-8-10-22(11-9-21)27(33)36-3)28-25(32)24-19(2)29-31-13-12-30(26(24)31)17-20-6-5-7-23(16-20)37-14-15-38-39(4,34)35;1-17(20-7-9-21(10-8-20)26(33)34-3)28-24(32)23-18(2)29-31-13-12-30(25(23)31)16-19-5-4-6-22(15-19)35-14-11-27/h5-11,16,18H,12-15,17H2,1-4H3,(H,28,32);4-10,15,17H,11-14,16H2,1-3H3,(H,28,32)/t18-;17-/m00/s1. The number of alkyl halides is 1. The molecule has 0 radical (unpaired) electrons. The van der Waals surface area contributed by atoms with E-state index in [1.54, 1.807) is 60.7 Å². The van der Waals surface area contributed by atoms with Crippen molar-refractivity contribution >= 4 is 45.5 Å². The second kappa shape index (κ2) is 24.3. The van der Waals surface area contributed by atoms with Gasteiger partial charge in [-0.3, -0.25) is 13.8 Å². The van der Waals surface area contributed by atoms with Gasteiger partial charge in [0, 0.05) is 26.2 Å². The van der Waals surface area contributed by atoms with Crippen molar-refractivity contribution in [1.82, 2.24) is 30.2 Å². The zero-order valence-electron chi connectivity index (χ0n) is 42.4. The van der Waals surface area contributed by atoms with Gasteiger partial charge in [-0.05, 0) is 98.5 Å². The monoisotopic (exact) mass is 1040 g/mol. The lowest BCUT2D eigenvalue weighted by Crippen LogP contribution is -2.29. The van der Waals surface area contributed by atoms with Crippen molar-refractivity contribution in [1.29, 1.82) is 0 Å². The molecule has 2 atom stereocenters. The van der Waals surface area contributed by atoms with E-state index >= 15 is 0 Å². The molecule has 4 aromatic carbocycles. The minimum absolute atomic E-state index is 0.0209. The molecule has 0 bridgehead atoms. The second-order valence-electron chi connectivity index (χ2n) is 17.7. The number of nitrogens with zero attached hydrogens (tertiary/aromatic N) is 6. The van der Waals surface area contributed by atoms with Gasteiger partial charge in [-0.1, -0.05) is 48.5 Å². The summed E-state index contributed by atoms with van der Waals surface area (Å²) in [6, 6.07) is 28.4. The van der Waals surface area contributed by atoms with Gasteiger partial charge in [0.05, 0.1) is 68.2 Å². The first kappa shape index (κ1) is 54.0. The third-order valence-electron chi connectivity index (χ3n) is 12.3. The Bertz CT molecular complexity index is 3070. The van der Waals surface area contributed by atoms with E-state index in [0.29, 0.717) is 77.9 Å². The molecule has 2 aliphatic rings. The number of nitrogens with one attached hydrogen (secondary N) is 2. The summed E-state index contributed by atoms with van der Waals surface area (Å²) in [5.74, 6) is 1.50. The Kier molecular flexibility index (Phi) is 17.7. The average molecular weight is 1040 g/mol. The lowest BCUT2D eigenvalue weighted by molar-refractivity contribution is 0.0592. The number of benzene rings is 4. The summed E-state index contributed by atoms with van der Waals surface area (Å²) < 4.78 is 63.6. The van der Waals surface area contributed by atoms with Gasteiger partial charge in [0.2, 0.25) is 0 Å². The number of hydrogen-bond donors (Lipinski definition) is 2. The van der Waals surface area contributed by atoms with E-state index in [1.165, 1.54) is 14.2 Å². The van der Waals surface area contributed by atoms with Crippen LogP contribution >= 0.6 is 0 Å². The second-order valence-corrected chi connectivity index (χ2v) is 19.3. The van der Waals surface area contributed by atoms with Crippen LogP contribution < -0.4 is 29.9 Å². The third kappa shape index (κ3) is 13.4. The van der Waals surface area contributed by atoms with Crippen molar-refractivity contribution in [2.75, 3.05) is 69.9 Å². The number of aromatic nitrogens is 4. The number of fused-ring (bicyclic) bond motifs is 2. The Hall–Kier alpha value is -7.78. The third-order valence-corrected chi connectivity index (χ3v) is 12.9. The molecule has 0 saturated heterocycles. The normalized spacial score (nSPS) is 13.5. The lowest BCUT2D eigenvalue weighted by atomic mass is 10.1. The quantitative estimate of drug-likeness (QED) is 0.0463. The van der Waals surface area contributed by atoms with Crippen LogP contribution in [0.3, 0.4) is 0 Å². The fourth-order valence-corrected chi connectivity index (χ4v) is 9.11. The summed E-state index contributed by atoms with van der Waals surface area (Å²) >= 11 is 0. The highest BCUT2D eigenvalue weighted by Crippen LogP contribution is 2.33. The van der Waals surface area contributed by atoms with Crippen LogP contribution in [0.25, 0.3) is 0 Å². The molecule has 19 nitrogen and oxygen atoms in total. The number of carbonyl (C=O) groups excluding carboxylic acids is 4. The van der Waals surface area contributed by atoms with Crippen molar-refractivity contribution in [2.45, 2.75) is 66.0 Å². The Morgan fingerprint density at radius 1 is 0.622 bits per heavy atom. The lowest BCUT2D eigenvalue weighted by Gasteiger charge is -2.21. The number of hydrogen-bond acceptors (Lipinski definition) is 15. The smallest absolute Gasteiger partial charge is 0.337 e. The summed E-state index contributed by atoms with van der Waals surface area (Å²) in [5.41, 5.74) is 6.96.